The Balaban J connectivity index is 2.22. The maximum absolute atomic E-state index is 11.4. The third-order valence-electron chi connectivity index (χ3n) is 6.77. The Morgan fingerprint density at radius 2 is 2.04 bits per heavy atom. The zero-order chi connectivity index (χ0) is 17.8. The molecule has 4 N–H and O–H groups in total. The minimum absolute atomic E-state index is 0.00450. The van der Waals surface area contributed by atoms with E-state index in [1.807, 2.05) is 0 Å². The second-order valence-corrected chi connectivity index (χ2v) is 8.08. The van der Waals surface area contributed by atoms with E-state index in [1.165, 1.54) is 0 Å². The van der Waals surface area contributed by atoms with Crippen molar-refractivity contribution in [3.05, 3.63) is 23.3 Å². The molecule has 0 aromatic heterocycles. The zero-order valence-corrected chi connectivity index (χ0v) is 15.2. The number of aliphatic hydroxyl groups excluding tert-OH is 3. The van der Waals surface area contributed by atoms with Crippen molar-refractivity contribution in [3.63, 3.8) is 0 Å². The van der Waals surface area contributed by atoms with Gasteiger partial charge in [0.15, 0.2) is 0 Å². The summed E-state index contributed by atoms with van der Waals surface area (Å²) >= 11 is 0. The van der Waals surface area contributed by atoms with Gasteiger partial charge in [0.05, 0.1) is 25.4 Å². The van der Waals surface area contributed by atoms with Crippen LogP contribution < -0.4 is 0 Å². The van der Waals surface area contributed by atoms with Crippen LogP contribution in [0.5, 0.6) is 0 Å². The SMILES string of the molecule is CC1CCC2(O)CC(CO)=CCCC2C1(C)CCC(=CCO)CO. The van der Waals surface area contributed by atoms with E-state index in [0.29, 0.717) is 12.3 Å². The molecule has 24 heavy (non-hydrogen) atoms. The average molecular weight is 338 g/mol. The van der Waals surface area contributed by atoms with E-state index in [4.69, 9.17) is 5.11 Å². The Morgan fingerprint density at radius 3 is 2.67 bits per heavy atom. The van der Waals surface area contributed by atoms with Gasteiger partial charge in [0, 0.05) is 0 Å². The summed E-state index contributed by atoms with van der Waals surface area (Å²) in [6.45, 7) is 4.54. The Hall–Kier alpha value is -0.680. The Kier molecular flexibility index (Phi) is 6.66. The molecule has 0 bridgehead atoms. The lowest BCUT2D eigenvalue weighted by Gasteiger charge is -2.54. The molecule has 4 nitrogen and oxygen atoms in total. The Labute approximate surface area is 145 Å². The van der Waals surface area contributed by atoms with Gasteiger partial charge in [-0.05, 0) is 73.3 Å². The number of hydrogen-bond donors (Lipinski definition) is 4. The summed E-state index contributed by atoms with van der Waals surface area (Å²) in [5.41, 5.74) is 1.11. The number of hydrogen-bond acceptors (Lipinski definition) is 4. The average Bonchev–Trinajstić information content (AvgIpc) is 2.75. The summed E-state index contributed by atoms with van der Waals surface area (Å²) < 4.78 is 0. The molecule has 0 heterocycles. The number of fused-ring (bicyclic) bond motifs is 1. The van der Waals surface area contributed by atoms with E-state index in [1.54, 1.807) is 6.08 Å². The smallest absolute Gasteiger partial charge is 0.0719 e. The van der Waals surface area contributed by atoms with Crippen LogP contribution in [0.2, 0.25) is 0 Å². The monoisotopic (exact) mass is 338 g/mol. The summed E-state index contributed by atoms with van der Waals surface area (Å²) in [6.07, 6.45) is 9.67. The Bertz CT molecular complexity index is 484. The molecule has 0 spiro atoms. The normalized spacial score (nSPS) is 37.6. The van der Waals surface area contributed by atoms with E-state index < -0.39 is 5.60 Å². The highest BCUT2D eigenvalue weighted by molar-refractivity contribution is 5.16. The third kappa shape index (κ3) is 3.93. The summed E-state index contributed by atoms with van der Waals surface area (Å²) in [5, 5.41) is 39.5. The molecule has 0 amide bonds. The number of aliphatic hydroxyl groups is 4. The van der Waals surface area contributed by atoms with Gasteiger partial charge >= 0.3 is 0 Å². The molecule has 2 aliphatic rings. The van der Waals surface area contributed by atoms with E-state index >= 15 is 0 Å². The van der Waals surface area contributed by atoms with Gasteiger partial charge in [-0.3, -0.25) is 0 Å². The highest BCUT2D eigenvalue weighted by Crippen LogP contribution is 2.56. The fourth-order valence-electron chi connectivity index (χ4n) is 5.00. The summed E-state index contributed by atoms with van der Waals surface area (Å²) in [4.78, 5) is 0. The highest BCUT2D eigenvalue weighted by atomic mass is 16.3. The van der Waals surface area contributed by atoms with Crippen molar-refractivity contribution in [1.82, 2.24) is 0 Å². The molecule has 1 fully saturated rings. The van der Waals surface area contributed by atoms with Crippen molar-refractivity contribution in [1.29, 1.82) is 0 Å². The van der Waals surface area contributed by atoms with Crippen molar-refractivity contribution in [2.24, 2.45) is 17.3 Å². The zero-order valence-electron chi connectivity index (χ0n) is 15.2. The predicted molar refractivity (Wildman–Crippen MR) is 95.5 cm³/mol. The quantitative estimate of drug-likeness (QED) is 0.561. The van der Waals surface area contributed by atoms with Crippen LogP contribution in [0.3, 0.4) is 0 Å². The first-order chi connectivity index (χ1) is 11.4. The molecule has 0 aliphatic heterocycles. The maximum Gasteiger partial charge on any atom is 0.0719 e. The topological polar surface area (TPSA) is 80.9 Å². The van der Waals surface area contributed by atoms with Gasteiger partial charge in [0.25, 0.3) is 0 Å². The first kappa shape index (κ1) is 19.6. The lowest BCUT2D eigenvalue weighted by atomic mass is 9.52. The Morgan fingerprint density at radius 1 is 1.29 bits per heavy atom. The molecular weight excluding hydrogens is 304 g/mol. The summed E-state index contributed by atoms with van der Waals surface area (Å²) in [7, 11) is 0. The van der Waals surface area contributed by atoms with Gasteiger partial charge in [-0.25, -0.2) is 0 Å². The summed E-state index contributed by atoms with van der Waals surface area (Å²) in [6, 6.07) is 0. The van der Waals surface area contributed by atoms with E-state index in [0.717, 1.165) is 49.7 Å². The fourth-order valence-corrected chi connectivity index (χ4v) is 5.00. The van der Waals surface area contributed by atoms with Crippen LogP contribution in [0.25, 0.3) is 0 Å². The van der Waals surface area contributed by atoms with Crippen molar-refractivity contribution in [3.8, 4) is 0 Å². The highest BCUT2D eigenvalue weighted by Gasteiger charge is 2.53. The van der Waals surface area contributed by atoms with Gasteiger partial charge in [-0.1, -0.05) is 26.0 Å². The molecule has 4 atom stereocenters. The molecule has 1 saturated carbocycles. The van der Waals surface area contributed by atoms with E-state index in [-0.39, 0.29) is 31.2 Å². The third-order valence-corrected chi connectivity index (χ3v) is 6.77. The van der Waals surface area contributed by atoms with Gasteiger partial charge in [0.1, 0.15) is 0 Å². The lowest BCUT2D eigenvalue weighted by Crippen LogP contribution is -2.53. The first-order valence-corrected chi connectivity index (χ1v) is 9.30. The van der Waals surface area contributed by atoms with Gasteiger partial charge < -0.3 is 20.4 Å². The number of allylic oxidation sites excluding steroid dienone is 1. The molecule has 4 heteroatoms. The number of rotatable bonds is 6. The van der Waals surface area contributed by atoms with Crippen LogP contribution in [0.1, 0.15) is 58.8 Å². The van der Waals surface area contributed by atoms with Crippen LogP contribution >= 0.6 is 0 Å². The molecule has 138 valence electrons. The van der Waals surface area contributed by atoms with Crippen LogP contribution in [0.4, 0.5) is 0 Å². The second-order valence-electron chi connectivity index (χ2n) is 8.08. The molecule has 2 aliphatic carbocycles. The fraction of sp³-hybridized carbons (Fsp3) is 0.800. The molecule has 2 rings (SSSR count). The largest absolute Gasteiger partial charge is 0.392 e. The maximum atomic E-state index is 11.4. The van der Waals surface area contributed by atoms with Crippen LogP contribution in [0.15, 0.2) is 23.3 Å². The minimum atomic E-state index is -0.730. The van der Waals surface area contributed by atoms with Crippen molar-refractivity contribution < 1.29 is 20.4 Å². The lowest BCUT2D eigenvalue weighted by molar-refractivity contribution is -0.134. The van der Waals surface area contributed by atoms with Crippen molar-refractivity contribution in [2.75, 3.05) is 19.8 Å². The van der Waals surface area contributed by atoms with Gasteiger partial charge in [-0.2, -0.15) is 0 Å². The molecule has 0 saturated heterocycles. The van der Waals surface area contributed by atoms with Crippen LogP contribution in [0, 0.1) is 17.3 Å². The predicted octanol–water partition coefficient (Wildman–Crippen LogP) is 2.56. The summed E-state index contributed by atoms with van der Waals surface area (Å²) in [5.74, 6) is 0.704. The van der Waals surface area contributed by atoms with Crippen LogP contribution in [-0.2, 0) is 0 Å². The van der Waals surface area contributed by atoms with Crippen molar-refractivity contribution >= 4 is 0 Å². The van der Waals surface area contributed by atoms with Crippen LogP contribution in [-0.4, -0.2) is 45.8 Å². The molecule has 0 aromatic rings. The second kappa shape index (κ2) is 8.13. The first-order valence-electron chi connectivity index (χ1n) is 9.30. The molecule has 0 radical (unpaired) electrons. The van der Waals surface area contributed by atoms with Gasteiger partial charge in [0.2, 0.25) is 0 Å². The molecule has 4 unspecified atom stereocenters. The van der Waals surface area contributed by atoms with E-state index in [9.17, 15) is 15.3 Å². The van der Waals surface area contributed by atoms with Gasteiger partial charge in [-0.15, -0.1) is 0 Å². The standard InChI is InChI=1S/C20H34O4/c1-15-6-10-20(24)12-17(14-23)4-3-5-18(20)19(15,2)9-7-16(13-22)8-11-21/h4,8,15,18,21-24H,3,5-7,9-14H2,1-2H3. The van der Waals surface area contributed by atoms with E-state index in [2.05, 4.69) is 19.9 Å². The molecule has 0 aromatic carbocycles. The van der Waals surface area contributed by atoms with Crippen molar-refractivity contribution in [2.45, 2.75) is 64.4 Å². The minimum Gasteiger partial charge on any atom is -0.392 e. The molecular formula is C20H34O4.